The van der Waals surface area contributed by atoms with Crippen LogP contribution in [0, 0.1) is 58.4 Å². The van der Waals surface area contributed by atoms with E-state index in [1.54, 1.807) is 13.8 Å². The van der Waals surface area contributed by atoms with Crippen molar-refractivity contribution in [2.75, 3.05) is 85.3 Å². The summed E-state index contributed by atoms with van der Waals surface area (Å²) in [6, 6.07) is 0. The summed E-state index contributed by atoms with van der Waals surface area (Å²) in [5.74, 6) is -3.58. The molecule has 6 rings (SSSR count). The lowest BCUT2D eigenvalue weighted by molar-refractivity contribution is 0.321. The van der Waals surface area contributed by atoms with E-state index in [4.69, 9.17) is 56.8 Å². The number of rotatable bonds is 40. The average molecular weight is 2050 g/mol. The molecular weight excluding hydrogens is 1900 g/mol. The van der Waals surface area contributed by atoms with Gasteiger partial charge in [-0.3, -0.25) is 0 Å². The van der Waals surface area contributed by atoms with Gasteiger partial charge in [0.1, 0.15) is 130 Å². The van der Waals surface area contributed by atoms with Gasteiger partial charge in [-0.25, -0.2) is 50.5 Å². The third-order valence-electron chi connectivity index (χ3n) is 22.6. The molecule has 0 bridgehead atoms. The van der Waals surface area contributed by atoms with Gasteiger partial charge in [0.05, 0.1) is 85.3 Å². The Bertz CT molecular complexity index is 5520. The van der Waals surface area contributed by atoms with Gasteiger partial charge in [-0.2, -0.15) is 0 Å². The zero-order valence-electron chi connectivity index (χ0n) is 86.2. The molecule has 0 heterocycles. The minimum absolute atomic E-state index is 0. The smallest absolute Gasteiger partial charge is 0.204 e. The van der Waals surface area contributed by atoms with Crippen molar-refractivity contribution in [1.29, 1.82) is 0 Å². The molecule has 0 aliphatic carbocycles. The number of methoxy groups -OCH3 is 12. The zero-order chi connectivity index (χ0) is 101. The van der Waals surface area contributed by atoms with Gasteiger partial charge in [0.25, 0.3) is 0 Å². The van der Waals surface area contributed by atoms with Crippen molar-refractivity contribution in [3.8, 4) is 103 Å². The third kappa shape index (κ3) is 30.7. The van der Waals surface area contributed by atoms with Crippen LogP contribution in [0.3, 0.4) is 0 Å². The summed E-state index contributed by atoms with van der Waals surface area (Å²) in [7, 11) is -13.0. The minimum Gasteiger partial charge on any atom is -0.744 e. The van der Waals surface area contributed by atoms with Crippen molar-refractivity contribution in [3.05, 3.63) is 111 Å². The molecule has 42 heteroatoms. The first kappa shape index (κ1) is 137. The van der Waals surface area contributed by atoms with E-state index in [0.29, 0.717) is 169 Å². The van der Waals surface area contributed by atoms with Crippen molar-refractivity contribution in [2.24, 2.45) is 0 Å². The highest BCUT2D eigenvalue weighted by molar-refractivity contribution is 7.87. The van der Waals surface area contributed by atoms with E-state index in [9.17, 15) is 108 Å². The predicted molar refractivity (Wildman–Crippen MR) is 520 cm³/mol. The molecule has 0 aromatic heterocycles. The summed E-state index contributed by atoms with van der Waals surface area (Å²) < 4.78 is 272. The number of hydrogen-bond donors (Lipinski definition) is 6. The van der Waals surface area contributed by atoms with Crippen LogP contribution in [0.2, 0.25) is 0 Å². The summed E-state index contributed by atoms with van der Waals surface area (Å²) in [5, 5.41) is 61.5. The van der Waals surface area contributed by atoms with Crippen LogP contribution in [0.5, 0.6) is 103 Å². The van der Waals surface area contributed by atoms with Crippen LogP contribution >= 0.6 is 0 Å². The van der Waals surface area contributed by atoms with Gasteiger partial charge in [-0.1, -0.05) is 124 Å². The van der Waals surface area contributed by atoms with Gasteiger partial charge < -0.3 is 115 Å². The number of aromatic hydroxyl groups is 6. The topological polar surface area (TPSA) is 575 Å². The van der Waals surface area contributed by atoms with Gasteiger partial charge in [-0.15, -0.1) is 0 Å². The number of hydrogen-bond acceptors (Lipinski definition) is 36. The fraction of sp³-hybridized carbons (Fsp3) is 0.553. The molecule has 136 heavy (non-hydrogen) atoms. The minimum atomic E-state index is -4.89. The molecule has 0 aliphatic heterocycles. The molecule has 2 unspecified atom stereocenters. The van der Waals surface area contributed by atoms with Crippen LogP contribution in [0.15, 0.2) is 29.4 Å². The normalized spacial score (nSPS) is 11.6. The quantitative estimate of drug-likeness (QED) is 0.0154. The van der Waals surface area contributed by atoms with E-state index < -0.39 is 125 Å². The van der Waals surface area contributed by atoms with Crippen molar-refractivity contribution in [3.63, 3.8) is 0 Å². The van der Waals surface area contributed by atoms with Gasteiger partial charge >= 0.3 is 0 Å². The molecule has 6 aromatic carbocycles. The lowest BCUT2D eigenvalue weighted by Gasteiger charge is -2.27. The highest BCUT2D eigenvalue weighted by Gasteiger charge is 2.38. The van der Waals surface area contributed by atoms with Crippen LogP contribution < -0.4 is 56.8 Å². The average Bonchev–Trinajstić information content (AvgIpc) is 0.800. The predicted octanol–water partition coefficient (Wildman–Crippen LogP) is 18.9. The lowest BCUT2D eigenvalue weighted by atomic mass is 9.87. The standard InChI is InChI=1S/2C16H26O6S.C15H24O6S.2C14H22O6S.C13H20O6S.6CH3/c1-6-9-11-14(21-4)12(10(7-2)8-3)16(23(18,19)20)13(17)15(11)22-5;1-6-9-11-12(10(7-2)8-3)16(23(18,19)20)13(17)15(22-5)14(11)21-4;1-6-9(7-2)11-10(8-3)13(20-4)14(21-5)12(16)15(11)22(17,18)19;1-6-9(7-2)10-8(3)12(19-4)13(20-5)11(15)14(10)21(16,17)18;1-6-8(3)10-12(19-4)9(7-2)11(15)14(13(10)20-5)21(16,17)18;1-6-7(2)9-11(18-4)8(3)10(14)13(12(9)19-5)20(15,16)17;;;;;;/h2*10,17H,6-9H2,1-5H3,(H,18,19,20);9,16H,6-8H2,1-5H3,(H,17,18,19);9,15H,6-7H2,1-5H3,(H,16,17,18);8,15H,6-7H2,1-5H3,(H,16,17,18);7,14H,6H2,1-5H3,(H,15,16,17);6*1H3/q;;;;;;6*+1/p-6. The Morgan fingerprint density at radius 3 is 0.728 bits per heavy atom. The summed E-state index contributed by atoms with van der Waals surface area (Å²) in [5.41, 5.74) is 5.03. The highest BCUT2D eigenvalue weighted by atomic mass is 32.2. The molecule has 780 valence electrons. The SMILES string of the molecule is CCC(C)c1c(OC)c(C)c(O)c(S(=O)(=O)[O-])c1OC.CCC(CC)c1c(C)c(OC)c(OC)c(O)c1S(=O)(=O)[O-].CCCc1c(OC)c(O)c(S(=O)(=O)[O-])c(C(CC)CC)c1OC.CCCc1c(OC)c(OC)c(O)c(S(=O)(=O)[O-])c1C(CC)CC.CCc1c(O)c(S(=O)(=O)[O-])c(OC)c(C(C)CC)c1OC.CCc1c(OC)c(OC)c(O)c(S(=O)(=O)[O-])c1C(CC)CC.[CH3+].[CH3+].[CH3+].[CH3+].[CH3+].[CH3+]. The van der Waals surface area contributed by atoms with Crippen molar-refractivity contribution in [2.45, 2.75) is 292 Å². The van der Waals surface area contributed by atoms with Crippen LogP contribution in [-0.2, 0) is 86.4 Å². The first-order valence-electron chi connectivity index (χ1n) is 42.2. The van der Waals surface area contributed by atoms with Gasteiger partial charge in [0.15, 0.2) is 46.0 Å². The van der Waals surface area contributed by atoms with E-state index in [2.05, 4.69) is 0 Å². The second kappa shape index (κ2) is 59.6. The number of phenols is 6. The number of benzene rings is 6. The van der Waals surface area contributed by atoms with E-state index >= 15 is 0 Å². The van der Waals surface area contributed by atoms with Crippen molar-refractivity contribution >= 4 is 60.7 Å². The second-order valence-corrected chi connectivity index (χ2v) is 37.6. The van der Waals surface area contributed by atoms with E-state index in [1.165, 1.54) is 92.2 Å². The van der Waals surface area contributed by atoms with Crippen LogP contribution in [0.25, 0.3) is 0 Å². The van der Waals surface area contributed by atoms with E-state index in [1.807, 2.05) is 104 Å². The first-order valence-corrected chi connectivity index (χ1v) is 50.6. The molecule has 2 atom stereocenters. The first-order chi connectivity index (χ1) is 60.5. The van der Waals surface area contributed by atoms with Crippen molar-refractivity contribution in [1.82, 2.24) is 0 Å². The molecule has 6 aromatic rings. The maximum absolute atomic E-state index is 11.8. The molecule has 0 amide bonds. The Kier molecular flexibility index (Phi) is 60.1. The summed E-state index contributed by atoms with van der Waals surface area (Å²) in [4.78, 5) is -3.83. The summed E-state index contributed by atoms with van der Waals surface area (Å²) in [6.07, 6.45) is 9.77. The molecule has 0 saturated carbocycles. The van der Waals surface area contributed by atoms with Crippen molar-refractivity contribution < 1.29 is 165 Å². The maximum atomic E-state index is 11.8. The molecule has 0 fully saturated rings. The molecule has 0 radical (unpaired) electrons. The number of ether oxygens (including phenoxy) is 12. The zero-order valence-corrected chi connectivity index (χ0v) is 91.1. The lowest BCUT2D eigenvalue weighted by Crippen LogP contribution is -2.13. The summed E-state index contributed by atoms with van der Waals surface area (Å²) in [6.45, 7) is 33.4. The molecule has 0 saturated heterocycles. The Morgan fingerprint density at radius 2 is 0.456 bits per heavy atom. The second-order valence-electron chi connectivity index (χ2n) is 29.7. The third-order valence-corrected chi connectivity index (χ3v) is 28.0. The maximum Gasteiger partial charge on any atom is 0.204 e. The highest BCUT2D eigenvalue weighted by Crippen LogP contribution is 2.57. The molecular formula is C94H152O36S6. The number of phenolic OH excluding ortho intramolecular Hbond substituents is 6. The molecule has 6 N–H and O–H groups in total. The molecule has 0 aliphatic rings. The Hall–Kier alpha value is -9.60. The van der Waals surface area contributed by atoms with Crippen LogP contribution in [-0.4, -0.2) is 194 Å². The van der Waals surface area contributed by atoms with E-state index in [0.717, 1.165) is 12.8 Å². The Balaban J connectivity index is -0.000000370. The van der Waals surface area contributed by atoms with Crippen LogP contribution in [0.4, 0.5) is 0 Å². The van der Waals surface area contributed by atoms with Crippen LogP contribution in [0.1, 0.15) is 290 Å². The van der Waals surface area contributed by atoms with E-state index in [-0.39, 0.29) is 137 Å². The van der Waals surface area contributed by atoms with Gasteiger partial charge in [-0.05, 0) is 162 Å². The summed E-state index contributed by atoms with van der Waals surface area (Å²) >= 11 is 0. The largest absolute Gasteiger partial charge is 0.744 e. The molecule has 0 spiro atoms. The Labute approximate surface area is 813 Å². The van der Waals surface area contributed by atoms with Gasteiger partial charge in [0, 0.05) is 89.1 Å². The van der Waals surface area contributed by atoms with Gasteiger partial charge in [0.2, 0.25) is 17.2 Å². The molecule has 36 nitrogen and oxygen atoms in total. The fourth-order valence-electron chi connectivity index (χ4n) is 16.1. The fourth-order valence-corrected chi connectivity index (χ4v) is 21.3. The monoisotopic (exact) mass is 2050 g/mol. The Morgan fingerprint density at radius 1 is 0.228 bits per heavy atom.